The zero-order chi connectivity index (χ0) is 15.6. The Bertz CT molecular complexity index is 604. The third-order valence-corrected chi connectivity index (χ3v) is 2.87. The number of anilines is 1. The third kappa shape index (κ3) is 4.09. The van der Waals surface area contributed by atoms with Gasteiger partial charge in [-0.2, -0.15) is 5.10 Å². The molecule has 6 nitrogen and oxygen atoms in total. The molecule has 112 valence electrons. The first kappa shape index (κ1) is 15.1. The second-order valence-electron chi connectivity index (χ2n) is 6.14. The number of carbonyl (C=O) groups is 1. The van der Waals surface area contributed by atoms with E-state index < -0.39 is 5.60 Å². The molecule has 1 saturated heterocycles. The Morgan fingerprint density at radius 2 is 2.10 bits per heavy atom. The highest BCUT2D eigenvalue weighted by Crippen LogP contribution is 2.19. The molecule has 1 fully saturated rings. The van der Waals surface area contributed by atoms with Gasteiger partial charge in [-0.25, -0.2) is 4.79 Å². The average molecular weight is 288 g/mol. The van der Waals surface area contributed by atoms with E-state index in [4.69, 9.17) is 10.5 Å². The van der Waals surface area contributed by atoms with Crippen molar-refractivity contribution >= 4 is 11.8 Å². The largest absolute Gasteiger partial charge is 0.444 e. The minimum atomic E-state index is -0.472. The number of aromatic nitrogens is 2. The van der Waals surface area contributed by atoms with Crippen LogP contribution >= 0.6 is 0 Å². The molecule has 2 N–H and O–H groups in total. The van der Waals surface area contributed by atoms with Gasteiger partial charge in [0.2, 0.25) is 0 Å². The minimum absolute atomic E-state index is 0.125. The summed E-state index contributed by atoms with van der Waals surface area (Å²) in [7, 11) is 0. The molecule has 1 aliphatic rings. The van der Waals surface area contributed by atoms with Crippen LogP contribution in [0, 0.1) is 24.7 Å². The third-order valence-electron chi connectivity index (χ3n) is 2.87. The summed E-state index contributed by atoms with van der Waals surface area (Å²) in [6, 6.07) is 1.74. The van der Waals surface area contributed by atoms with E-state index in [-0.39, 0.29) is 12.0 Å². The van der Waals surface area contributed by atoms with Gasteiger partial charge in [0.25, 0.3) is 0 Å². The van der Waals surface area contributed by atoms with E-state index in [2.05, 4.69) is 22.0 Å². The van der Waals surface area contributed by atoms with E-state index in [1.807, 2.05) is 27.7 Å². The molecule has 21 heavy (non-hydrogen) atoms. The Morgan fingerprint density at radius 1 is 1.43 bits per heavy atom. The fourth-order valence-corrected chi connectivity index (χ4v) is 1.82. The molecule has 1 aromatic rings. The lowest BCUT2D eigenvalue weighted by Gasteiger charge is -2.37. The molecule has 1 aromatic heterocycles. The van der Waals surface area contributed by atoms with Gasteiger partial charge in [-0.3, -0.25) is 0 Å². The number of rotatable bonds is 0. The Kier molecular flexibility index (Phi) is 4.03. The lowest BCUT2D eigenvalue weighted by atomic mass is 10.0. The van der Waals surface area contributed by atoms with E-state index >= 15 is 0 Å². The molecule has 0 bridgehead atoms. The van der Waals surface area contributed by atoms with Crippen LogP contribution in [0.25, 0.3) is 0 Å². The lowest BCUT2D eigenvalue weighted by molar-refractivity contribution is 0.00592. The molecular weight excluding hydrogens is 268 g/mol. The van der Waals surface area contributed by atoms with Gasteiger partial charge in [-0.1, -0.05) is 5.92 Å². The van der Waals surface area contributed by atoms with Crippen molar-refractivity contribution < 1.29 is 9.53 Å². The van der Waals surface area contributed by atoms with Gasteiger partial charge < -0.3 is 15.4 Å². The van der Waals surface area contributed by atoms with Crippen molar-refractivity contribution in [1.82, 2.24) is 15.1 Å². The van der Waals surface area contributed by atoms with Crippen LogP contribution < -0.4 is 5.73 Å². The second kappa shape index (κ2) is 5.60. The van der Waals surface area contributed by atoms with Crippen molar-refractivity contribution in [2.75, 3.05) is 18.8 Å². The number of carbonyl (C=O) groups excluding carboxylic acids is 1. The number of likely N-dealkylation sites (tertiary alicyclic amines) is 1. The predicted octanol–water partition coefficient (Wildman–Crippen LogP) is 1.59. The Labute approximate surface area is 124 Å². The van der Waals surface area contributed by atoms with E-state index in [0.717, 1.165) is 5.69 Å². The van der Waals surface area contributed by atoms with Crippen molar-refractivity contribution in [3.05, 3.63) is 17.5 Å². The molecule has 0 radical (unpaired) electrons. The maximum absolute atomic E-state index is 11.8. The highest BCUT2D eigenvalue weighted by molar-refractivity contribution is 5.69. The Balaban J connectivity index is 1.89. The Morgan fingerprint density at radius 3 is 2.67 bits per heavy atom. The van der Waals surface area contributed by atoms with Crippen LogP contribution in [0.15, 0.2) is 6.07 Å². The molecule has 1 aliphatic heterocycles. The molecule has 2 heterocycles. The van der Waals surface area contributed by atoms with Gasteiger partial charge in [0.1, 0.15) is 5.60 Å². The van der Waals surface area contributed by atoms with Crippen molar-refractivity contribution in [2.45, 2.75) is 33.3 Å². The Hall–Kier alpha value is -2.29. The number of amides is 1. The van der Waals surface area contributed by atoms with E-state index in [1.54, 1.807) is 11.0 Å². The zero-order valence-electron chi connectivity index (χ0n) is 12.8. The average Bonchev–Trinajstić information content (AvgIpc) is 2.27. The summed E-state index contributed by atoms with van der Waals surface area (Å²) in [5.41, 5.74) is 7.12. The van der Waals surface area contributed by atoms with Crippen LogP contribution in [0.4, 0.5) is 10.5 Å². The van der Waals surface area contributed by atoms with Crippen molar-refractivity contribution in [3.63, 3.8) is 0 Å². The van der Waals surface area contributed by atoms with Gasteiger partial charge >= 0.3 is 6.09 Å². The first-order chi connectivity index (χ1) is 9.74. The van der Waals surface area contributed by atoms with Crippen LogP contribution in [0.2, 0.25) is 0 Å². The quantitative estimate of drug-likeness (QED) is 0.733. The second-order valence-corrected chi connectivity index (χ2v) is 6.14. The number of hydrogen-bond acceptors (Lipinski definition) is 5. The molecular formula is C15H20N4O2. The molecule has 0 aliphatic carbocycles. The molecule has 0 aromatic carbocycles. The summed E-state index contributed by atoms with van der Waals surface area (Å²) < 4.78 is 5.28. The number of nitrogens with zero attached hydrogens (tertiary/aromatic N) is 3. The molecule has 0 unspecified atom stereocenters. The monoisotopic (exact) mass is 288 g/mol. The number of aryl methyl sites for hydroxylation is 1. The molecule has 0 atom stereocenters. The first-order valence-corrected chi connectivity index (χ1v) is 6.84. The molecule has 6 heteroatoms. The first-order valence-electron chi connectivity index (χ1n) is 6.84. The summed E-state index contributed by atoms with van der Waals surface area (Å²) in [4.78, 5) is 13.4. The van der Waals surface area contributed by atoms with Crippen LogP contribution in [0.5, 0.6) is 0 Å². The van der Waals surface area contributed by atoms with Crippen molar-refractivity contribution in [3.8, 4) is 11.8 Å². The number of ether oxygens (including phenoxy) is 1. The standard InChI is InChI=1S/C15H20N4O2/c1-10-7-12(16)13(18-17-10)6-5-11-8-19(9-11)14(20)21-15(2,3)4/h7,11H,8-9H2,1-4H3,(H2,16,17). The van der Waals surface area contributed by atoms with Crippen molar-refractivity contribution in [1.29, 1.82) is 0 Å². The van der Waals surface area contributed by atoms with E-state index in [0.29, 0.717) is 24.5 Å². The topological polar surface area (TPSA) is 81.3 Å². The zero-order valence-corrected chi connectivity index (χ0v) is 12.8. The maximum atomic E-state index is 11.8. The minimum Gasteiger partial charge on any atom is -0.444 e. The van der Waals surface area contributed by atoms with Gasteiger partial charge in [-0.15, -0.1) is 5.10 Å². The number of nitrogens with two attached hydrogens (primary N) is 1. The summed E-state index contributed by atoms with van der Waals surface area (Å²) in [6.45, 7) is 8.51. The molecule has 1 amide bonds. The summed E-state index contributed by atoms with van der Waals surface area (Å²) in [6.07, 6.45) is -0.296. The van der Waals surface area contributed by atoms with Crippen molar-refractivity contribution in [2.24, 2.45) is 5.92 Å². The highest BCUT2D eigenvalue weighted by Gasteiger charge is 2.32. The number of nitrogen functional groups attached to an aromatic ring is 1. The molecule has 0 saturated carbocycles. The predicted molar refractivity (Wildman–Crippen MR) is 79.4 cm³/mol. The van der Waals surface area contributed by atoms with Gasteiger partial charge in [-0.05, 0) is 39.7 Å². The van der Waals surface area contributed by atoms with Crippen LogP contribution in [0.1, 0.15) is 32.2 Å². The summed E-state index contributed by atoms with van der Waals surface area (Å²) >= 11 is 0. The van der Waals surface area contributed by atoms with Gasteiger partial charge in [0, 0.05) is 13.1 Å². The van der Waals surface area contributed by atoms with Crippen LogP contribution in [-0.4, -0.2) is 39.9 Å². The SMILES string of the molecule is Cc1cc(N)c(C#CC2CN(C(=O)OC(C)(C)C)C2)nn1. The van der Waals surface area contributed by atoms with Gasteiger partial charge in [0.05, 0.1) is 17.3 Å². The molecule has 2 rings (SSSR count). The molecule has 0 spiro atoms. The normalized spacial score (nSPS) is 15.0. The van der Waals surface area contributed by atoms with Gasteiger partial charge in [0.15, 0.2) is 5.69 Å². The maximum Gasteiger partial charge on any atom is 0.410 e. The summed E-state index contributed by atoms with van der Waals surface area (Å²) in [5, 5.41) is 7.89. The fraction of sp³-hybridized carbons (Fsp3) is 0.533. The lowest BCUT2D eigenvalue weighted by Crippen LogP contribution is -2.51. The van der Waals surface area contributed by atoms with Crippen LogP contribution in [0.3, 0.4) is 0 Å². The smallest absolute Gasteiger partial charge is 0.410 e. The summed E-state index contributed by atoms with van der Waals surface area (Å²) in [5.74, 6) is 6.11. The van der Waals surface area contributed by atoms with E-state index in [1.165, 1.54) is 0 Å². The number of hydrogen-bond donors (Lipinski definition) is 1. The highest BCUT2D eigenvalue weighted by atomic mass is 16.6. The van der Waals surface area contributed by atoms with Crippen LogP contribution in [-0.2, 0) is 4.74 Å². The van der Waals surface area contributed by atoms with E-state index in [9.17, 15) is 4.79 Å². The fourth-order valence-electron chi connectivity index (χ4n) is 1.82.